The Kier molecular flexibility index (Phi) is 5.60. The van der Waals surface area contributed by atoms with Crippen molar-refractivity contribution in [1.82, 2.24) is 5.16 Å². The number of halogens is 4. The van der Waals surface area contributed by atoms with E-state index in [1.165, 1.54) is 20.8 Å². The molecule has 2 rings (SSSR count). The van der Waals surface area contributed by atoms with Crippen LogP contribution in [0.5, 0.6) is 0 Å². The summed E-state index contributed by atoms with van der Waals surface area (Å²) in [4.78, 5) is 24.2. The summed E-state index contributed by atoms with van der Waals surface area (Å²) in [6.45, 7) is 4.30. The lowest BCUT2D eigenvalue weighted by Crippen LogP contribution is -2.30. The molecule has 6 nitrogen and oxygen atoms in total. The van der Waals surface area contributed by atoms with E-state index in [-0.39, 0.29) is 22.0 Å². The number of aryl methyl sites for hydroxylation is 2. The minimum atomic E-state index is -4.59. The van der Waals surface area contributed by atoms with Crippen molar-refractivity contribution in [2.24, 2.45) is 0 Å². The van der Waals surface area contributed by atoms with Crippen LogP contribution in [0.4, 0.5) is 18.9 Å². The third-order valence-corrected chi connectivity index (χ3v) is 3.77. The van der Waals surface area contributed by atoms with E-state index >= 15 is 0 Å². The maximum absolute atomic E-state index is 12.8. The number of hydrogen-bond donors (Lipinski definition) is 1. The first kappa shape index (κ1) is 19.8. The summed E-state index contributed by atoms with van der Waals surface area (Å²) in [6, 6.07) is 2.50. The summed E-state index contributed by atoms with van der Waals surface area (Å²) in [5, 5.41) is 5.73. The number of carbonyl (C=O) groups excluding carboxylic acids is 2. The van der Waals surface area contributed by atoms with Gasteiger partial charge in [-0.05, 0) is 39.0 Å². The molecule has 1 aromatic carbocycles. The highest BCUT2D eigenvalue weighted by molar-refractivity contribution is 6.33. The lowest BCUT2D eigenvalue weighted by Gasteiger charge is -2.15. The number of ether oxygens (including phenoxy) is 1. The number of aromatic nitrogens is 1. The standard InChI is InChI=1S/C16H14ClF3N2O4/c1-7-13(8(2)26-22-7)15(24)25-9(3)14(23)21-12-6-10(16(18,19)20)4-5-11(12)17/h4-6,9H,1-3H3,(H,21,23). The predicted molar refractivity (Wildman–Crippen MR) is 85.9 cm³/mol. The Hall–Kier alpha value is -2.55. The number of hydrogen-bond acceptors (Lipinski definition) is 5. The lowest BCUT2D eigenvalue weighted by atomic mass is 10.2. The number of anilines is 1. The Labute approximate surface area is 151 Å². The zero-order valence-corrected chi connectivity index (χ0v) is 14.7. The molecule has 1 heterocycles. The van der Waals surface area contributed by atoms with Crippen LogP contribution in [0.1, 0.15) is 34.3 Å². The highest BCUT2D eigenvalue weighted by Gasteiger charge is 2.31. The average Bonchev–Trinajstić information content (AvgIpc) is 2.87. The quantitative estimate of drug-likeness (QED) is 0.793. The molecule has 2 aromatic rings. The van der Waals surface area contributed by atoms with Gasteiger partial charge in [0.25, 0.3) is 5.91 Å². The van der Waals surface area contributed by atoms with Crippen LogP contribution in [0.2, 0.25) is 5.02 Å². The molecule has 1 amide bonds. The Morgan fingerprint density at radius 3 is 2.50 bits per heavy atom. The van der Waals surface area contributed by atoms with Crippen LogP contribution in [0, 0.1) is 13.8 Å². The van der Waals surface area contributed by atoms with Crippen molar-refractivity contribution < 1.29 is 32.0 Å². The zero-order chi connectivity index (χ0) is 19.6. The summed E-state index contributed by atoms with van der Waals surface area (Å²) >= 11 is 5.81. The summed E-state index contributed by atoms with van der Waals surface area (Å²) in [7, 11) is 0. The second-order valence-electron chi connectivity index (χ2n) is 5.43. The fourth-order valence-electron chi connectivity index (χ4n) is 2.08. The number of rotatable bonds is 4. The van der Waals surface area contributed by atoms with E-state index in [1.807, 2.05) is 0 Å². The number of alkyl halides is 3. The van der Waals surface area contributed by atoms with Crippen molar-refractivity contribution in [3.05, 3.63) is 45.8 Å². The lowest BCUT2D eigenvalue weighted by molar-refractivity contribution is -0.137. The van der Waals surface area contributed by atoms with Gasteiger partial charge in [-0.3, -0.25) is 4.79 Å². The van der Waals surface area contributed by atoms with Gasteiger partial charge in [0.1, 0.15) is 11.3 Å². The molecule has 0 radical (unpaired) electrons. The zero-order valence-electron chi connectivity index (χ0n) is 13.9. The molecular formula is C16H14ClF3N2O4. The summed E-state index contributed by atoms with van der Waals surface area (Å²) in [5.74, 6) is -1.45. The van der Waals surface area contributed by atoms with Gasteiger partial charge >= 0.3 is 12.1 Å². The Morgan fingerprint density at radius 2 is 1.96 bits per heavy atom. The van der Waals surface area contributed by atoms with Gasteiger partial charge in [0.05, 0.1) is 22.0 Å². The summed E-state index contributed by atoms with van der Waals surface area (Å²) < 4.78 is 48.1. The highest BCUT2D eigenvalue weighted by Crippen LogP contribution is 2.33. The van der Waals surface area contributed by atoms with E-state index in [2.05, 4.69) is 10.5 Å². The fourth-order valence-corrected chi connectivity index (χ4v) is 2.24. The molecule has 1 atom stereocenters. The molecule has 1 N–H and O–H groups in total. The minimum Gasteiger partial charge on any atom is -0.449 e. The van der Waals surface area contributed by atoms with Crippen molar-refractivity contribution in [2.75, 3.05) is 5.32 Å². The summed E-state index contributed by atoms with van der Waals surface area (Å²) in [6.07, 6.45) is -5.88. The molecular weight excluding hydrogens is 377 g/mol. The van der Waals surface area contributed by atoms with Gasteiger partial charge in [-0.1, -0.05) is 16.8 Å². The van der Waals surface area contributed by atoms with Gasteiger partial charge in [0, 0.05) is 0 Å². The number of carbonyl (C=O) groups is 2. The molecule has 0 saturated carbocycles. The predicted octanol–water partition coefficient (Wildman–Crippen LogP) is 4.15. The number of amides is 1. The van der Waals surface area contributed by atoms with E-state index in [0.717, 1.165) is 12.1 Å². The van der Waals surface area contributed by atoms with E-state index < -0.39 is 29.7 Å². The van der Waals surface area contributed by atoms with Crippen molar-refractivity contribution in [3.63, 3.8) is 0 Å². The van der Waals surface area contributed by atoms with Crippen LogP contribution in [0.3, 0.4) is 0 Å². The molecule has 0 aliphatic heterocycles. The average molecular weight is 391 g/mol. The second kappa shape index (κ2) is 7.36. The molecule has 0 aliphatic carbocycles. The van der Waals surface area contributed by atoms with Crippen LogP contribution in [-0.2, 0) is 15.7 Å². The van der Waals surface area contributed by atoms with Crippen LogP contribution in [0.25, 0.3) is 0 Å². The van der Waals surface area contributed by atoms with Crippen molar-refractivity contribution >= 4 is 29.2 Å². The normalized spacial score (nSPS) is 12.6. The van der Waals surface area contributed by atoms with E-state index in [0.29, 0.717) is 11.8 Å². The fraction of sp³-hybridized carbons (Fsp3) is 0.312. The van der Waals surface area contributed by atoms with Gasteiger partial charge in [0.2, 0.25) is 0 Å². The van der Waals surface area contributed by atoms with Gasteiger partial charge in [-0.2, -0.15) is 13.2 Å². The van der Waals surface area contributed by atoms with Crippen molar-refractivity contribution in [1.29, 1.82) is 0 Å². The van der Waals surface area contributed by atoms with Gasteiger partial charge in [0.15, 0.2) is 6.10 Å². The maximum atomic E-state index is 12.8. The molecule has 10 heteroatoms. The third kappa shape index (κ3) is 4.34. The highest BCUT2D eigenvalue weighted by atomic mass is 35.5. The number of esters is 1. The molecule has 0 spiro atoms. The van der Waals surface area contributed by atoms with Crippen molar-refractivity contribution in [2.45, 2.75) is 33.1 Å². The maximum Gasteiger partial charge on any atom is 0.416 e. The van der Waals surface area contributed by atoms with Gasteiger partial charge in [-0.15, -0.1) is 0 Å². The van der Waals surface area contributed by atoms with Crippen molar-refractivity contribution in [3.8, 4) is 0 Å². The first-order chi connectivity index (χ1) is 12.0. The molecule has 1 unspecified atom stereocenters. The molecule has 0 aliphatic rings. The van der Waals surface area contributed by atoms with E-state index in [1.54, 1.807) is 0 Å². The van der Waals surface area contributed by atoms with Crippen LogP contribution in [0.15, 0.2) is 22.7 Å². The molecule has 0 saturated heterocycles. The Bertz CT molecular complexity index is 829. The largest absolute Gasteiger partial charge is 0.449 e. The molecule has 0 fully saturated rings. The van der Waals surface area contributed by atoms with E-state index in [9.17, 15) is 22.8 Å². The van der Waals surface area contributed by atoms with Crippen LogP contribution in [-0.4, -0.2) is 23.1 Å². The topological polar surface area (TPSA) is 81.4 Å². The smallest absolute Gasteiger partial charge is 0.416 e. The minimum absolute atomic E-state index is 0.0850. The number of nitrogens with zero attached hydrogens (tertiary/aromatic N) is 1. The first-order valence-corrected chi connectivity index (χ1v) is 7.70. The molecule has 1 aromatic heterocycles. The number of nitrogens with one attached hydrogen (secondary N) is 1. The second-order valence-corrected chi connectivity index (χ2v) is 5.84. The third-order valence-electron chi connectivity index (χ3n) is 3.44. The van der Waals surface area contributed by atoms with Crippen LogP contribution < -0.4 is 5.32 Å². The molecule has 0 bridgehead atoms. The summed E-state index contributed by atoms with van der Waals surface area (Å²) in [5.41, 5.74) is -0.841. The van der Waals surface area contributed by atoms with Gasteiger partial charge in [-0.25, -0.2) is 4.79 Å². The monoisotopic (exact) mass is 390 g/mol. The molecule has 26 heavy (non-hydrogen) atoms. The van der Waals surface area contributed by atoms with Crippen LogP contribution >= 0.6 is 11.6 Å². The Balaban J connectivity index is 2.11. The molecule has 140 valence electrons. The SMILES string of the molecule is Cc1noc(C)c1C(=O)OC(C)C(=O)Nc1cc(C(F)(F)F)ccc1Cl. The number of benzene rings is 1. The van der Waals surface area contributed by atoms with Gasteiger partial charge < -0.3 is 14.6 Å². The van der Waals surface area contributed by atoms with E-state index in [4.69, 9.17) is 20.9 Å². The Morgan fingerprint density at radius 1 is 1.31 bits per heavy atom. The first-order valence-electron chi connectivity index (χ1n) is 7.32.